The predicted octanol–water partition coefficient (Wildman–Crippen LogP) is 1.07. The molecular weight excluding hydrogens is 296 g/mol. The van der Waals surface area contributed by atoms with Gasteiger partial charge in [-0.05, 0) is 24.8 Å². The molecule has 2 aromatic rings. The number of ether oxygens (including phenoxy) is 1. The van der Waals surface area contributed by atoms with Crippen LogP contribution in [0.4, 0.5) is 0 Å². The molecule has 1 amide bonds. The summed E-state index contributed by atoms with van der Waals surface area (Å²) in [7, 11) is 3.38. The maximum atomic E-state index is 12.5. The lowest BCUT2D eigenvalue weighted by molar-refractivity contribution is 0.0234. The van der Waals surface area contributed by atoms with Crippen LogP contribution in [0.5, 0.6) is 5.75 Å². The lowest BCUT2D eigenvalue weighted by Crippen LogP contribution is -2.41. The van der Waals surface area contributed by atoms with E-state index in [1.165, 1.54) is 0 Å². The first kappa shape index (κ1) is 15.5. The average Bonchev–Trinajstić information content (AvgIpc) is 2.96. The van der Waals surface area contributed by atoms with Crippen LogP contribution in [0.2, 0.25) is 0 Å². The fraction of sp³-hybridized carbons (Fsp3) is 0.438. The number of rotatable bonds is 5. The van der Waals surface area contributed by atoms with Crippen molar-refractivity contribution in [1.29, 1.82) is 0 Å². The second-order valence-corrected chi connectivity index (χ2v) is 5.86. The summed E-state index contributed by atoms with van der Waals surface area (Å²) in [6.45, 7) is 0. The molecule has 1 aliphatic carbocycles. The zero-order chi connectivity index (χ0) is 16.4. The highest BCUT2D eigenvalue weighted by Gasteiger charge is 2.36. The lowest BCUT2D eigenvalue weighted by atomic mass is 9.75. The number of aliphatic hydroxyl groups excluding tert-OH is 1. The second-order valence-electron chi connectivity index (χ2n) is 5.86. The number of aryl methyl sites for hydroxylation is 1. The van der Waals surface area contributed by atoms with Gasteiger partial charge in [0.05, 0.1) is 25.5 Å². The first-order valence-electron chi connectivity index (χ1n) is 7.54. The number of nitrogens with one attached hydrogen (secondary N) is 1. The van der Waals surface area contributed by atoms with Crippen LogP contribution in [0.1, 0.15) is 34.9 Å². The molecule has 1 saturated carbocycles. The Morgan fingerprint density at radius 2 is 2.30 bits per heavy atom. The molecule has 1 fully saturated rings. The Morgan fingerprint density at radius 3 is 2.91 bits per heavy atom. The van der Waals surface area contributed by atoms with E-state index in [4.69, 9.17) is 4.74 Å². The molecule has 0 aliphatic heterocycles. The maximum absolute atomic E-state index is 12.5. The van der Waals surface area contributed by atoms with E-state index in [9.17, 15) is 9.90 Å². The highest BCUT2D eigenvalue weighted by atomic mass is 16.5. The van der Waals surface area contributed by atoms with E-state index in [1.807, 2.05) is 13.2 Å². The quantitative estimate of drug-likeness (QED) is 0.861. The van der Waals surface area contributed by atoms with Crippen LogP contribution in [0.25, 0.3) is 0 Å². The minimum absolute atomic E-state index is 0.187. The zero-order valence-corrected chi connectivity index (χ0v) is 13.1. The van der Waals surface area contributed by atoms with E-state index in [0.29, 0.717) is 24.3 Å². The van der Waals surface area contributed by atoms with Gasteiger partial charge >= 0.3 is 0 Å². The number of hydrogen-bond donors (Lipinski definition) is 2. The predicted molar refractivity (Wildman–Crippen MR) is 82.9 cm³/mol. The molecule has 2 N–H and O–H groups in total. The van der Waals surface area contributed by atoms with Gasteiger partial charge < -0.3 is 15.2 Å². The Labute approximate surface area is 134 Å². The van der Waals surface area contributed by atoms with Crippen molar-refractivity contribution in [2.75, 3.05) is 7.11 Å². The molecule has 0 spiro atoms. The van der Waals surface area contributed by atoms with Crippen LogP contribution >= 0.6 is 0 Å². The molecular formula is C16H20N4O3. The molecule has 0 unspecified atom stereocenters. The van der Waals surface area contributed by atoms with Crippen molar-refractivity contribution in [3.8, 4) is 5.75 Å². The lowest BCUT2D eigenvalue weighted by Gasteiger charge is -2.37. The van der Waals surface area contributed by atoms with Gasteiger partial charge in [0.1, 0.15) is 11.4 Å². The monoisotopic (exact) mass is 316 g/mol. The van der Waals surface area contributed by atoms with Crippen LogP contribution in [0, 0.1) is 5.92 Å². The Kier molecular flexibility index (Phi) is 4.29. The number of aliphatic hydroxyl groups is 1. The van der Waals surface area contributed by atoms with E-state index >= 15 is 0 Å². The molecule has 1 atom stereocenters. The smallest absolute Gasteiger partial charge is 0.270 e. The second kappa shape index (κ2) is 6.37. The van der Waals surface area contributed by atoms with Crippen LogP contribution in [-0.2, 0) is 7.05 Å². The molecule has 3 rings (SSSR count). The van der Waals surface area contributed by atoms with Crippen molar-refractivity contribution < 1.29 is 14.6 Å². The minimum atomic E-state index is -0.286. The normalized spacial score (nSPS) is 21.3. The highest BCUT2D eigenvalue weighted by molar-refractivity contribution is 5.92. The number of aromatic nitrogens is 3. The minimum Gasteiger partial charge on any atom is -0.497 e. The third-order valence-electron chi connectivity index (χ3n) is 4.19. The van der Waals surface area contributed by atoms with E-state index in [1.54, 1.807) is 36.3 Å². The number of nitrogens with zero attached hydrogens (tertiary/aromatic N) is 3. The average molecular weight is 316 g/mol. The van der Waals surface area contributed by atoms with Gasteiger partial charge in [0, 0.05) is 31.1 Å². The first-order chi connectivity index (χ1) is 11.1. The third-order valence-corrected chi connectivity index (χ3v) is 4.19. The molecule has 2 heterocycles. The summed E-state index contributed by atoms with van der Waals surface area (Å²) in [6, 6.07) is 3.11. The van der Waals surface area contributed by atoms with E-state index < -0.39 is 0 Å². The van der Waals surface area contributed by atoms with E-state index in [-0.39, 0.29) is 24.0 Å². The summed E-state index contributed by atoms with van der Waals surface area (Å²) >= 11 is 0. The Balaban J connectivity index is 1.78. The number of carbonyl (C=O) groups is 1. The number of amides is 1. The van der Waals surface area contributed by atoms with Crippen molar-refractivity contribution in [3.63, 3.8) is 0 Å². The van der Waals surface area contributed by atoms with Crippen LogP contribution in [0.15, 0.2) is 30.7 Å². The molecule has 7 heteroatoms. The van der Waals surface area contributed by atoms with Crippen LogP contribution in [-0.4, -0.2) is 39.0 Å². The molecule has 7 nitrogen and oxygen atoms in total. The molecule has 0 bridgehead atoms. The molecule has 1 aliphatic rings. The van der Waals surface area contributed by atoms with Crippen LogP contribution in [0.3, 0.4) is 0 Å². The largest absolute Gasteiger partial charge is 0.497 e. The van der Waals surface area contributed by atoms with Gasteiger partial charge in [-0.3, -0.25) is 14.5 Å². The third kappa shape index (κ3) is 3.34. The van der Waals surface area contributed by atoms with Gasteiger partial charge in [-0.2, -0.15) is 5.10 Å². The van der Waals surface area contributed by atoms with Crippen molar-refractivity contribution >= 4 is 5.91 Å². The zero-order valence-electron chi connectivity index (χ0n) is 13.1. The van der Waals surface area contributed by atoms with Gasteiger partial charge in [-0.25, -0.2) is 0 Å². The standard InChI is InChI=1S/C16H20N4O3/c1-20-9-11(8-18-20)15(10-5-12(21)6-10)19-16(22)14-7-13(23-2)3-4-17-14/h3-4,7-10,12,15,21H,5-6H2,1-2H3,(H,19,22)/t10?,12?,15-/m0/s1. The summed E-state index contributed by atoms with van der Waals surface area (Å²) in [6.07, 6.45) is 6.23. The van der Waals surface area contributed by atoms with E-state index in [0.717, 1.165) is 5.56 Å². The number of methoxy groups -OCH3 is 1. The molecule has 0 saturated heterocycles. The molecule has 2 aromatic heterocycles. The Morgan fingerprint density at radius 1 is 1.52 bits per heavy atom. The maximum Gasteiger partial charge on any atom is 0.270 e. The molecule has 0 radical (unpaired) electrons. The SMILES string of the molecule is COc1ccnc(C(=O)N[C@H](c2cnn(C)c2)C2CC(O)C2)c1. The van der Waals surface area contributed by atoms with Gasteiger partial charge in [0.2, 0.25) is 0 Å². The fourth-order valence-corrected chi connectivity index (χ4v) is 2.85. The fourth-order valence-electron chi connectivity index (χ4n) is 2.85. The summed E-state index contributed by atoms with van der Waals surface area (Å²) in [5, 5.41) is 16.8. The van der Waals surface area contributed by atoms with Crippen molar-refractivity contribution in [2.24, 2.45) is 13.0 Å². The van der Waals surface area contributed by atoms with Gasteiger partial charge in [0.15, 0.2) is 0 Å². The highest BCUT2D eigenvalue weighted by Crippen LogP contribution is 2.38. The summed E-state index contributed by atoms with van der Waals surface area (Å²) in [5.74, 6) is 0.519. The van der Waals surface area contributed by atoms with Crippen molar-refractivity contribution in [1.82, 2.24) is 20.1 Å². The first-order valence-corrected chi connectivity index (χ1v) is 7.54. The summed E-state index contributed by atoms with van der Waals surface area (Å²) in [5.41, 5.74) is 1.23. The summed E-state index contributed by atoms with van der Waals surface area (Å²) < 4.78 is 6.83. The number of carbonyl (C=O) groups excluding carboxylic acids is 1. The van der Waals surface area contributed by atoms with Gasteiger partial charge in [0.25, 0.3) is 5.91 Å². The Bertz CT molecular complexity index is 694. The summed E-state index contributed by atoms with van der Waals surface area (Å²) in [4.78, 5) is 16.6. The van der Waals surface area contributed by atoms with E-state index in [2.05, 4.69) is 15.4 Å². The van der Waals surface area contributed by atoms with Crippen molar-refractivity contribution in [2.45, 2.75) is 25.0 Å². The molecule has 23 heavy (non-hydrogen) atoms. The van der Waals surface area contributed by atoms with Gasteiger partial charge in [-0.1, -0.05) is 0 Å². The Hall–Kier alpha value is -2.41. The van der Waals surface area contributed by atoms with Crippen molar-refractivity contribution in [3.05, 3.63) is 42.0 Å². The number of pyridine rings is 1. The molecule has 122 valence electrons. The van der Waals surface area contributed by atoms with Gasteiger partial charge in [-0.15, -0.1) is 0 Å². The molecule has 0 aromatic carbocycles. The number of hydrogen-bond acceptors (Lipinski definition) is 5. The van der Waals surface area contributed by atoms with Crippen LogP contribution < -0.4 is 10.1 Å². The topological polar surface area (TPSA) is 89.3 Å².